The quantitative estimate of drug-likeness (QED) is 0.593. The van der Waals surface area contributed by atoms with E-state index in [2.05, 4.69) is 10.1 Å². The summed E-state index contributed by atoms with van der Waals surface area (Å²) in [6.45, 7) is 2.02. The van der Waals surface area contributed by atoms with Crippen LogP contribution in [0.25, 0.3) is 10.2 Å². The van der Waals surface area contributed by atoms with E-state index in [1.807, 2.05) is 0 Å². The topological polar surface area (TPSA) is 94.7 Å². The Labute approximate surface area is 176 Å². The van der Waals surface area contributed by atoms with Gasteiger partial charge in [0.05, 0.1) is 23.3 Å². The van der Waals surface area contributed by atoms with E-state index in [4.69, 9.17) is 11.6 Å². The van der Waals surface area contributed by atoms with Crippen LogP contribution in [0.1, 0.15) is 35.7 Å². The van der Waals surface area contributed by atoms with Gasteiger partial charge in [-0.1, -0.05) is 0 Å². The average molecular weight is 458 g/mol. The van der Waals surface area contributed by atoms with Gasteiger partial charge in [0.2, 0.25) is 5.92 Å². The Morgan fingerprint density at radius 1 is 1.33 bits per heavy atom. The molecule has 0 spiro atoms. The lowest BCUT2D eigenvalue weighted by Gasteiger charge is -2.35. The van der Waals surface area contributed by atoms with Gasteiger partial charge in [-0.2, -0.15) is 5.10 Å². The van der Waals surface area contributed by atoms with Crippen molar-refractivity contribution in [2.45, 2.75) is 56.6 Å². The molecule has 5 rings (SSSR count). The maximum Gasteiger partial charge on any atom is 0.343 e. The summed E-state index contributed by atoms with van der Waals surface area (Å²) in [5.41, 5.74) is -0.669. The minimum Gasteiger partial charge on any atom is -0.295 e. The van der Waals surface area contributed by atoms with E-state index in [1.54, 1.807) is 6.92 Å². The lowest BCUT2D eigenvalue weighted by Crippen LogP contribution is -2.44. The number of halogens is 3. The van der Waals surface area contributed by atoms with Crippen LogP contribution in [0.15, 0.2) is 20.7 Å². The van der Waals surface area contributed by atoms with Crippen molar-refractivity contribution in [3.05, 3.63) is 48.1 Å². The number of hydrogen-bond donors (Lipinski definition) is 1. The Morgan fingerprint density at radius 3 is 2.60 bits per heavy atom. The largest absolute Gasteiger partial charge is 0.343 e. The molecule has 1 N–H and O–H groups in total. The molecule has 3 aromatic rings. The smallest absolute Gasteiger partial charge is 0.295 e. The molecule has 8 nitrogen and oxygen atoms in total. The van der Waals surface area contributed by atoms with Crippen LogP contribution in [0.3, 0.4) is 0 Å². The molecule has 0 aliphatic heterocycles. The second-order valence-electron chi connectivity index (χ2n) is 8.10. The first-order valence-corrected chi connectivity index (χ1v) is 10.8. The summed E-state index contributed by atoms with van der Waals surface area (Å²) in [5, 5.41) is 4.02. The standard InChI is InChI=1S/C18H18ClF2N5O3S/c1-8-12(6-25-16(28)22-7-23-25)30-15-13(8)14(27)26(11-2-10(11)19)17(29)24(15)5-9-3-18(20,21)4-9/h7,9-11H,2-6H2,1H3,(H,22,23,28)/t10-,11-/m0/s1. The Bertz CT molecular complexity index is 1330. The predicted octanol–water partition coefficient (Wildman–Crippen LogP) is 2.06. The van der Waals surface area contributed by atoms with Crippen LogP contribution in [0.2, 0.25) is 0 Å². The fourth-order valence-electron chi connectivity index (χ4n) is 4.14. The molecule has 0 amide bonds. The SMILES string of the molecule is Cc1c(Cn2nc[nH]c2=O)sc2c1c(=O)n([C@H]1C[C@@H]1Cl)c(=O)n2CC1CC(F)(F)C1. The van der Waals surface area contributed by atoms with E-state index in [-0.39, 0.29) is 49.0 Å². The van der Waals surface area contributed by atoms with Crippen molar-refractivity contribution in [3.8, 4) is 0 Å². The van der Waals surface area contributed by atoms with Gasteiger partial charge >= 0.3 is 11.4 Å². The minimum atomic E-state index is -2.70. The monoisotopic (exact) mass is 457 g/mol. The Kier molecular flexibility index (Phi) is 4.34. The molecule has 12 heteroatoms. The summed E-state index contributed by atoms with van der Waals surface area (Å²) in [6.07, 6.45) is 1.24. The van der Waals surface area contributed by atoms with Gasteiger partial charge in [0.25, 0.3) is 5.56 Å². The lowest BCUT2D eigenvalue weighted by atomic mass is 9.81. The first-order valence-electron chi connectivity index (χ1n) is 9.56. The first kappa shape index (κ1) is 19.7. The summed E-state index contributed by atoms with van der Waals surface area (Å²) in [4.78, 5) is 41.8. The Balaban J connectivity index is 1.67. The minimum absolute atomic E-state index is 0.118. The number of nitrogens with zero attached hydrogens (tertiary/aromatic N) is 4. The molecule has 0 bridgehead atoms. The van der Waals surface area contributed by atoms with Crippen molar-refractivity contribution in [1.29, 1.82) is 0 Å². The molecule has 0 aromatic carbocycles. The molecule has 3 heterocycles. The number of hydrogen-bond acceptors (Lipinski definition) is 5. The van der Waals surface area contributed by atoms with E-state index < -0.39 is 17.2 Å². The van der Waals surface area contributed by atoms with E-state index >= 15 is 0 Å². The molecule has 0 saturated heterocycles. The zero-order valence-corrected chi connectivity index (χ0v) is 17.5. The molecule has 3 aromatic heterocycles. The van der Waals surface area contributed by atoms with Crippen LogP contribution in [0.4, 0.5) is 8.78 Å². The summed E-state index contributed by atoms with van der Waals surface area (Å²) in [6, 6.07) is -0.387. The molecule has 2 fully saturated rings. The summed E-state index contributed by atoms with van der Waals surface area (Å²) in [5.74, 6) is -3.03. The molecule has 0 unspecified atom stereocenters. The van der Waals surface area contributed by atoms with Crippen molar-refractivity contribution in [1.82, 2.24) is 23.9 Å². The predicted molar refractivity (Wildman–Crippen MR) is 108 cm³/mol. The Morgan fingerprint density at radius 2 is 2.03 bits per heavy atom. The molecule has 2 aliphatic carbocycles. The number of aromatic amines is 1. The lowest BCUT2D eigenvalue weighted by molar-refractivity contribution is -0.114. The second kappa shape index (κ2) is 6.61. The van der Waals surface area contributed by atoms with Crippen molar-refractivity contribution in [2.24, 2.45) is 5.92 Å². The van der Waals surface area contributed by atoms with Crippen LogP contribution in [0.5, 0.6) is 0 Å². The number of nitrogens with one attached hydrogen (secondary N) is 1. The fourth-order valence-corrected chi connectivity index (χ4v) is 5.71. The van der Waals surface area contributed by atoms with Gasteiger partial charge in [-0.05, 0) is 24.8 Å². The fraction of sp³-hybridized carbons (Fsp3) is 0.556. The van der Waals surface area contributed by atoms with Crippen molar-refractivity contribution in [2.75, 3.05) is 0 Å². The van der Waals surface area contributed by atoms with Gasteiger partial charge in [0.1, 0.15) is 11.2 Å². The third kappa shape index (κ3) is 3.06. The number of aryl methyl sites for hydroxylation is 1. The van der Waals surface area contributed by atoms with Crippen LogP contribution in [-0.2, 0) is 13.1 Å². The molecule has 2 saturated carbocycles. The number of fused-ring (bicyclic) bond motifs is 1. The number of H-pyrrole nitrogens is 1. The van der Waals surface area contributed by atoms with E-state index in [1.165, 1.54) is 31.5 Å². The Hall–Kier alpha value is -2.27. The van der Waals surface area contributed by atoms with Crippen molar-refractivity contribution in [3.63, 3.8) is 0 Å². The third-order valence-electron chi connectivity index (χ3n) is 5.88. The molecule has 160 valence electrons. The highest BCUT2D eigenvalue weighted by Gasteiger charge is 2.46. The molecule has 2 atom stereocenters. The van der Waals surface area contributed by atoms with Crippen molar-refractivity contribution >= 4 is 33.2 Å². The molecule has 0 radical (unpaired) electrons. The first-order chi connectivity index (χ1) is 14.2. The number of aromatic nitrogens is 5. The second-order valence-corrected chi connectivity index (χ2v) is 9.74. The third-order valence-corrected chi connectivity index (χ3v) is 7.65. The highest BCUT2D eigenvalue weighted by atomic mass is 35.5. The number of thiophene rings is 1. The number of rotatable bonds is 5. The molecular formula is C18H18ClF2N5O3S. The van der Waals surface area contributed by atoms with Gasteiger partial charge < -0.3 is 0 Å². The van der Waals surface area contributed by atoms with Crippen molar-refractivity contribution < 1.29 is 8.78 Å². The van der Waals surface area contributed by atoms with Crippen LogP contribution >= 0.6 is 22.9 Å². The van der Waals surface area contributed by atoms with Gasteiger partial charge in [-0.3, -0.25) is 18.9 Å². The van der Waals surface area contributed by atoms with E-state index in [0.717, 1.165) is 0 Å². The van der Waals surface area contributed by atoms with Crippen LogP contribution in [-0.4, -0.2) is 35.2 Å². The summed E-state index contributed by atoms with van der Waals surface area (Å²) in [7, 11) is 0. The average Bonchev–Trinajstić information content (AvgIpc) is 3.06. The number of alkyl halides is 3. The molecular weight excluding hydrogens is 440 g/mol. The molecule has 2 aliphatic rings. The highest BCUT2D eigenvalue weighted by Crippen LogP contribution is 2.44. The zero-order valence-electron chi connectivity index (χ0n) is 15.9. The maximum atomic E-state index is 13.4. The van der Waals surface area contributed by atoms with E-state index in [9.17, 15) is 23.2 Å². The summed E-state index contributed by atoms with van der Waals surface area (Å²) >= 11 is 7.34. The van der Waals surface area contributed by atoms with Gasteiger partial charge in [-0.15, -0.1) is 22.9 Å². The highest BCUT2D eigenvalue weighted by molar-refractivity contribution is 7.18. The van der Waals surface area contributed by atoms with Crippen LogP contribution < -0.4 is 16.9 Å². The van der Waals surface area contributed by atoms with Crippen LogP contribution in [0, 0.1) is 12.8 Å². The van der Waals surface area contributed by atoms with Gasteiger partial charge in [0.15, 0.2) is 0 Å². The zero-order chi connectivity index (χ0) is 21.4. The normalized spacial score (nSPS) is 23.1. The molecule has 30 heavy (non-hydrogen) atoms. The van der Waals surface area contributed by atoms with Gasteiger partial charge in [-0.25, -0.2) is 23.1 Å². The van der Waals surface area contributed by atoms with E-state index in [0.29, 0.717) is 27.1 Å². The summed E-state index contributed by atoms with van der Waals surface area (Å²) < 4.78 is 30.5. The van der Waals surface area contributed by atoms with Gasteiger partial charge in [0, 0.05) is 24.3 Å². The maximum absolute atomic E-state index is 13.4.